The van der Waals surface area contributed by atoms with Gasteiger partial charge in [0.15, 0.2) is 0 Å². The van der Waals surface area contributed by atoms with E-state index in [-0.39, 0.29) is 30.2 Å². The van der Waals surface area contributed by atoms with Gasteiger partial charge in [-0.1, -0.05) is 31.1 Å². The number of benzene rings is 1. The second kappa shape index (κ2) is 8.90. The fourth-order valence-electron chi connectivity index (χ4n) is 2.42. The minimum absolute atomic E-state index is 0.0692. The number of nitrogens with zero attached hydrogens (tertiary/aromatic N) is 3. The number of amides is 2. The maximum absolute atomic E-state index is 12.6. The van der Waals surface area contributed by atoms with Crippen molar-refractivity contribution in [3.63, 3.8) is 0 Å². The van der Waals surface area contributed by atoms with Crippen LogP contribution in [-0.4, -0.2) is 26.9 Å². The number of nitrogens with one attached hydrogen (secondary N) is 2. The molecule has 0 saturated heterocycles. The van der Waals surface area contributed by atoms with Crippen LogP contribution in [0.15, 0.2) is 53.3 Å². The van der Waals surface area contributed by atoms with E-state index in [4.69, 9.17) is 4.52 Å². The van der Waals surface area contributed by atoms with Gasteiger partial charge < -0.3 is 15.2 Å². The number of carbonyl (C=O) groups is 2. The maximum atomic E-state index is 12.6. The van der Waals surface area contributed by atoms with Crippen LogP contribution in [0.3, 0.4) is 0 Å². The molecule has 0 aliphatic carbocycles. The first-order valence-corrected chi connectivity index (χ1v) is 8.99. The second-order valence-electron chi connectivity index (χ2n) is 6.28. The Morgan fingerprint density at radius 2 is 2.00 bits per heavy atom. The fourth-order valence-corrected chi connectivity index (χ4v) is 2.42. The third-order valence-electron chi connectivity index (χ3n) is 4.28. The quantitative estimate of drug-likeness (QED) is 0.653. The van der Waals surface area contributed by atoms with Crippen LogP contribution in [0.1, 0.15) is 36.5 Å². The van der Waals surface area contributed by atoms with Gasteiger partial charge in [-0.3, -0.25) is 14.6 Å². The molecule has 2 N–H and O–H groups in total. The van der Waals surface area contributed by atoms with Gasteiger partial charge >= 0.3 is 0 Å². The number of carbonyl (C=O) groups excluding carboxylic acids is 2. The summed E-state index contributed by atoms with van der Waals surface area (Å²) in [6.45, 7) is 3.85. The molecule has 1 aromatic carbocycles. The van der Waals surface area contributed by atoms with Crippen molar-refractivity contribution in [1.82, 2.24) is 20.4 Å². The predicted octanol–water partition coefficient (Wildman–Crippen LogP) is 3.05. The lowest BCUT2D eigenvalue weighted by molar-refractivity contribution is -0.119. The van der Waals surface area contributed by atoms with Crippen LogP contribution in [0, 0.1) is 5.92 Å². The molecule has 2 amide bonds. The highest BCUT2D eigenvalue weighted by molar-refractivity contribution is 6.04. The molecular formula is C20H21N5O3. The van der Waals surface area contributed by atoms with Gasteiger partial charge in [0.2, 0.25) is 17.6 Å². The van der Waals surface area contributed by atoms with Gasteiger partial charge in [-0.15, -0.1) is 0 Å². The molecule has 0 unspecified atom stereocenters. The van der Waals surface area contributed by atoms with Crippen molar-refractivity contribution in [2.24, 2.45) is 5.92 Å². The molecule has 0 fully saturated rings. The number of para-hydroxylation sites is 1. The number of pyridine rings is 1. The molecule has 0 bridgehead atoms. The fraction of sp³-hybridized carbons (Fsp3) is 0.250. The first-order chi connectivity index (χ1) is 13.6. The van der Waals surface area contributed by atoms with Crippen LogP contribution >= 0.6 is 0 Å². The zero-order valence-corrected chi connectivity index (χ0v) is 15.7. The standard InChI is InChI=1S/C20H21N5O3/c1-3-13(2)19(26)23-16-9-5-4-8-15(16)20(27)22-12-17-24-18(25-28-17)14-7-6-10-21-11-14/h4-11,13H,3,12H2,1-2H3,(H,22,27)(H,23,26)/t13-/m0/s1. The van der Waals surface area contributed by atoms with Gasteiger partial charge in [0.25, 0.3) is 5.91 Å². The van der Waals surface area contributed by atoms with Gasteiger partial charge in [-0.25, -0.2) is 0 Å². The molecule has 0 radical (unpaired) electrons. The van der Waals surface area contributed by atoms with Crippen LogP contribution in [0.4, 0.5) is 5.69 Å². The number of rotatable bonds is 7. The third-order valence-corrected chi connectivity index (χ3v) is 4.28. The zero-order valence-electron chi connectivity index (χ0n) is 15.7. The smallest absolute Gasteiger partial charge is 0.253 e. The average Bonchev–Trinajstić information content (AvgIpc) is 3.21. The molecule has 2 aromatic heterocycles. The van der Waals surface area contributed by atoms with Crippen LogP contribution in [0.5, 0.6) is 0 Å². The Morgan fingerprint density at radius 3 is 2.75 bits per heavy atom. The number of hydrogen-bond acceptors (Lipinski definition) is 6. The first-order valence-electron chi connectivity index (χ1n) is 8.99. The summed E-state index contributed by atoms with van der Waals surface area (Å²) >= 11 is 0. The van der Waals surface area contributed by atoms with Crippen LogP contribution in [-0.2, 0) is 11.3 Å². The summed E-state index contributed by atoms with van der Waals surface area (Å²) in [5.74, 6) is 0.0641. The molecule has 0 spiro atoms. The molecular weight excluding hydrogens is 358 g/mol. The van der Waals surface area contributed by atoms with Crippen molar-refractivity contribution in [2.45, 2.75) is 26.8 Å². The summed E-state index contributed by atoms with van der Waals surface area (Å²) in [5.41, 5.74) is 1.56. The largest absolute Gasteiger partial charge is 0.343 e. The average molecular weight is 379 g/mol. The number of hydrogen-bond donors (Lipinski definition) is 2. The van der Waals surface area contributed by atoms with Crippen molar-refractivity contribution in [2.75, 3.05) is 5.32 Å². The Balaban J connectivity index is 1.66. The number of anilines is 1. The van der Waals surface area contributed by atoms with E-state index in [0.29, 0.717) is 17.1 Å². The molecule has 0 saturated carbocycles. The van der Waals surface area contributed by atoms with E-state index in [2.05, 4.69) is 25.8 Å². The predicted molar refractivity (Wildman–Crippen MR) is 103 cm³/mol. The van der Waals surface area contributed by atoms with E-state index in [1.807, 2.05) is 19.9 Å². The highest BCUT2D eigenvalue weighted by atomic mass is 16.5. The van der Waals surface area contributed by atoms with Crippen LogP contribution < -0.4 is 10.6 Å². The van der Waals surface area contributed by atoms with Gasteiger partial charge in [-0.05, 0) is 30.7 Å². The van der Waals surface area contributed by atoms with E-state index < -0.39 is 0 Å². The summed E-state index contributed by atoms with van der Waals surface area (Å²) in [7, 11) is 0. The summed E-state index contributed by atoms with van der Waals surface area (Å²) in [6, 6.07) is 10.4. The Hall–Kier alpha value is -3.55. The molecule has 144 valence electrons. The molecule has 3 rings (SSSR count). The highest BCUT2D eigenvalue weighted by Gasteiger charge is 2.17. The minimum Gasteiger partial charge on any atom is -0.343 e. The molecule has 0 aliphatic heterocycles. The van der Waals surface area contributed by atoms with Gasteiger partial charge in [-0.2, -0.15) is 4.98 Å². The van der Waals surface area contributed by atoms with E-state index in [1.165, 1.54) is 0 Å². The van der Waals surface area contributed by atoms with Gasteiger partial charge in [0, 0.05) is 23.9 Å². The monoisotopic (exact) mass is 379 g/mol. The second-order valence-corrected chi connectivity index (χ2v) is 6.28. The first kappa shape index (κ1) is 19.2. The van der Waals surface area contributed by atoms with Crippen molar-refractivity contribution < 1.29 is 14.1 Å². The van der Waals surface area contributed by atoms with Gasteiger partial charge in [0.05, 0.1) is 17.8 Å². The lowest BCUT2D eigenvalue weighted by atomic mass is 10.1. The third kappa shape index (κ3) is 4.59. The summed E-state index contributed by atoms with van der Waals surface area (Å²) in [4.78, 5) is 33.0. The summed E-state index contributed by atoms with van der Waals surface area (Å²) in [5, 5.41) is 9.43. The minimum atomic E-state index is -0.346. The molecule has 8 heteroatoms. The van der Waals surface area contributed by atoms with E-state index in [9.17, 15) is 9.59 Å². The lowest BCUT2D eigenvalue weighted by Crippen LogP contribution is -2.26. The summed E-state index contributed by atoms with van der Waals surface area (Å²) in [6.07, 6.45) is 4.00. The van der Waals surface area contributed by atoms with E-state index in [1.54, 1.807) is 42.7 Å². The molecule has 1 atom stereocenters. The van der Waals surface area contributed by atoms with Crippen molar-refractivity contribution in [3.8, 4) is 11.4 Å². The molecule has 0 aliphatic rings. The van der Waals surface area contributed by atoms with E-state index in [0.717, 1.165) is 12.0 Å². The van der Waals surface area contributed by atoms with E-state index >= 15 is 0 Å². The van der Waals surface area contributed by atoms with Crippen molar-refractivity contribution in [1.29, 1.82) is 0 Å². The molecule has 8 nitrogen and oxygen atoms in total. The lowest BCUT2D eigenvalue weighted by Gasteiger charge is -2.13. The maximum Gasteiger partial charge on any atom is 0.253 e. The molecule has 2 heterocycles. The Morgan fingerprint density at radius 1 is 1.18 bits per heavy atom. The highest BCUT2D eigenvalue weighted by Crippen LogP contribution is 2.17. The normalized spacial score (nSPS) is 11.6. The SMILES string of the molecule is CC[C@H](C)C(=O)Nc1ccccc1C(=O)NCc1nc(-c2cccnc2)no1. The molecule has 28 heavy (non-hydrogen) atoms. The molecule has 3 aromatic rings. The Kier molecular flexibility index (Phi) is 6.11. The van der Waals surface area contributed by atoms with Crippen molar-refractivity contribution in [3.05, 3.63) is 60.2 Å². The van der Waals surface area contributed by atoms with Crippen LogP contribution in [0.25, 0.3) is 11.4 Å². The topological polar surface area (TPSA) is 110 Å². The van der Waals surface area contributed by atoms with Crippen molar-refractivity contribution >= 4 is 17.5 Å². The Bertz CT molecular complexity index is 955. The number of aromatic nitrogens is 3. The van der Waals surface area contributed by atoms with Crippen LogP contribution in [0.2, 0.25) is 0 Å². The Labute approximate surface area is 162 Å². The van der Waals surface area contributed by atoms with Gasteiger partial charge in [0.1, 0.15) is 0 Å². The zero-order chi connectivity index (χ0) is 19.9. The summed E-state index contributed by atoms with van der Waals surface area (Å²) < 4.78 is 5.17.